The maximum Gasteiger partial charge on any atom is 0.336 e. The Morgan fingerprint density at radius 2 is 2.03 bits per heavy atom. The molecule has 0 bridgehead atoms. The number of rotatable bonds is 10. The number of nitrogens with zero attached hydrogens (tertiary/aromatic N) is 3. The number of hydrogen-bond acceptors (Lipinski definition) is 9. The van der Waals surface area contributed by atoms with E-state index in [4.69, 9.17) is 18.9 Å². The molecule has 0 radical (unpaired) electrons. The number of nitrogens with one attached hydrogen (secondary N) is 1. The summed E-state index contributed by atoms with van der Waals surface area (Å²) in [5.41, 5.74) is 1.31. The third kappa shape index (κ3) is 6.20. The highest BCUT2D eigenvalue weighted by atomic mass is 32.2. The van der Waals surface area contributed by atoms with Gasteiger partial charge in [0, 0.05) is 28.7 Å². The summed E-state index contributed by atoms with van der Waals surface area (Å²) >= 11 is 1.45. The molecule has 2 rings (SSSR count). The second-order valence-corrected chi connectivity index (χ2v) is 15.0. The molecule has 1 heterocycles. The van der Waals surface area contributed by atoms with Crippen molar-refractivity contribution in [3.05, 3.63) is 34.5 Å². The monoisotopic (exact) mass is 492 g/mol. The Labute approximate surface area is 200 Å². The SMILES string of the molecule is COc1cc(O[Si](C)(C)C(C)(C)C)c(CSCC(NC#N)c2nc(C)no2)c(C(=O)O)c1C. The Hall–Kier alpha value is -2.71. The van der Waals surface area contributed by atoms with Crippen LogP contribution in [0.4, 0.5) is 0 Å². The lowest BCUT2D eigenvalue weighted by atomic mass is 10.0. The maximum absolute atomic E-state index is 12.3. The van der Waals surface area contributed by atoms with Gasteiger partial charge in [0.1, 0.15) is 17.5 Å². The van der Waals surface area contributed by atoms with Crippen molar-refractivity contribution in [2.75, 3.05) is 12.9 Å². The third-order valence-electron chi connectivity index (χ3n) is 5.82. The number of thioether (sulfide) groups is 1. The Morgan fingerprint density at radius 1 is 1.36 bits per heavy atom. The summed E-state index contributed by atoms with van der Waals surface area (Å²) in [5.74, 6) is 1.51. The molecular weight excluding hydrogens is 460 g/mol. The molecule has 11 heteroatoms. The fraction of sp³-hybridized carbons (Fsp3) is 0.545. The quantitative estimate of drug-likeness (QED) is 0.270. The van der Waals surface area contributed by atoms with Crippen molar-refractivity contribution in [3.8, 4) is 17.7 Å². The highest BCUT2D eigenvalue weighted by Crippen LogP contribution is 2.42. The van der Waals surface area contributed by atoms with Crippen LogP contribution >= 0.6 is 11.8 Å². The van der Waals surface area contributed by atoms with Gasteiger partial charge in [0.25, 0.3) is 5.89 Å². The molecule has 0 aliphatic rings. The normalized spacial score (nSPS) is 12.7. The molecule has 1 atom stereocenters. The van der Waals surface area contributed by atoms with Crippen LogP contribution in [-0.2, 0) is 5.75 Å². The van der Waals surface area contributed by atoms with Crippen LogP contribution in [-0.4, -0.2) is 42.4 Å². The van der Waals surface area contributed by atoms with Gasteiger partial charge in [-0.15, -0.1) is 0 Å². The zero-order valence-electron chi connectivity index (χ0n) is 20.4. The number of nitriles is 1. The topological polar surface area (TPSA) is 130 Å². The lowest BCUT2D eigenvalue weighted by Gasteiger charge is -2.37. The molecule has 0 fully saturated rings. The number of aromatic nitrogens is 2. The minimum Gasteiger partial charge on any atom is -0.543 e. The average Bonchev–Trinajstić information content (AvgIpc) is 3.13. The Kier molecular flexibility index (Phi) is 8.43. The first kappa shape index (κ1) is 26.5. The molecule has 0 amide bonds. The van der Waals surface area contributed by atoms with Crippen molar-refractivity contribution in [1.29, 1.82) is 5.26 Å². The number of carboxylic acid groups (broad SMARTS) is 1. The zero-order valence-corrected chi connectivity index (χ0v) is 22.2. The number of aromatic carboxylic acids is 1. The van der Waals surface area contributed by atoms with Gasteiger partial charge < -0.3 is 24.1 Å². The molecule has 9 nitrogen and oxygen atoms in total. The van der Waals surface area contributed by atoms with Crippen molar-refractivity contribution >= 4 is 26.0 Å². The number of aryl methyl sites for hydroxylation is 1. The maximum atomic E-state index is 12.3. The number of benzene rings is 1. The second-order valence-electron chi connectivity index (χ2n) is 9.23. The van der Waals surface area contributed by atoms with Gasteiger partial charge in [0.2, 0.25) is 8.32 Å². The van der Waals surface area contributed by atoms with E-state index in [9.17, 15) is 9.90 Å². The number of hydrogen-bond donors (Lipinski definition) is 2. The molecule has 0 spiro atoms. The molecule has 0 saturated carbocycles. The summed E-state index contributed by atoms with van der Waals surface area (Å²) < 4.78 is 17.2. The van der Waals surface area contributed by atoms with E-state index >= 15 is 0 Å². The molecule has 2 N–H and O–H groups in total. The van der Waals surface area contributed by atoms with E-state index in [1.807, 2.05) is 6.19 Å². The molecule has 33 heavy (non-hydrogen) atoms. The van der Waals surface area contributed by atoms with E-state index in [2.05, 4.69) is 49.3 Å². The van der Waals surface area contributed by atoms with Crippen molar-refractivity contribution in [1.82, 2.24) is 15.5 Å². The lowest BCUT2D eigenvalue weighted by molar-refractivity contribution is 0.0694. The summed E-state index contributed by atoms with van der Waals surface area (Å²) in [5, 5.41) is 25.5. The highest BCUT2D eigenvalue weighted by molar-refractivity contribution is 7.98. The molecular formula is C22H32N4O5SSi. The van der Waals surface area contributed by atoms with Crippen LogP contribution in [0.3, 0.4) is 0 Å². The standard InChI is InChI=1S/C22H32N4O5SSi/c1-13-17(29-6)9-18(31-33(7,8)22(3,4)5)15(19(13)21(27)28)10-32-11-16(24-12-23)20-25-14(2)26-30-20/h9,16,24H,10-11H2,1-8H3,(H,27,28). The first-order valence-corrected chi connectivity index (χ1v) is 14.5. The highest BCUT2D eigenvalue weighted by Gasteiger charge is 2.40. The smallest absolute Gasteiger partial charge is 0.336 e. The predicted molar refractivity (Wildman–Crippen MR) is 129 cm³/mol. The number of carbonyl (C=O) groups is 1. The molecule has 1 aromatic carbocycles. The van der Waals surface area contributed by atoms with Crippen molar-refractivity contribution < 1.29 is 23.6 Å². The van der Waals surface area contributed by atoms with Crippen LogP contribution < -0.4 is 14.5 Å². The van der Waals surface area contributed by atoms with E-state index in [-0.39, 0.29) is 10.6 Å². The van der Waals surface area contributed by atoms with Gasteiger partial charge in [-0.1, -0.05) is 25.9 Å². The lowest BCUT2D eigenvalue weighted by Crippen LogP contribution is -2.44. The van der Waals surface area contributed by atoms with Gasteiger partial charge in [-0.05, 0) is 32.0 Å². The number of carboxylic acids is 1. The van der Waals surface area contributed by atoms with E-state index < -0.39 is 20.3 Å². The summed E-state index contributed by atoms with van der Waals surface area (Å²) in [7, 11) is -0.741. The van der Waals surface area contributed by atoms with Crippen LogP contribution in [0, 0.1) is 25.3 Å². The van der Waals surface area contributed by atoms with Gasteiger partial charge in [0.05, 0.1) is 12.7 Å². The third-order valence-corrected chi connectivity index (χ3v) is 11.2. The molecule has 2 aromatic rings. The van der Waals surface area contributed by atoms with E-state index in [1.165, 1.54) is 18.9 Å². The summed E-state index contributed by atoms with van der Waals surface area (Å²) in [6, 6.07) is 1.29. The minimum absolute atomic E-state index is 0.0729. The van der Waals surface area contributed by atoms with Gasteiger partial charge in [0.15, 0.2) is 12.0 Å². The van der Waals surface area contributed by atoms with Crippen LogP contribution in [0.15, 0.2) is 10.6 Å². The Morgan fingerprint density at radius 3 is 2.52 bits per heavy atom. The summed E-state index contributed by atoms with van der Waals surface area (Å²) in [4.78, 5) is 16.4. The van der Waals surface area contributed by atoms with E-state index in [0.29, 0.717) is 45.8 Å². The summed E-state index contributed by atoms with van der Waals surface area (Å²) in [6.07, 6.45) is 1.92. The van der Waals surface area contributed by atoms with Crippen LogP contribution in [0.25, 0.3) is 0 Å². The average molecular weight is 493 g/mol. The molecule has 0 aliphatic carbocycles. The van der Waals surface area contributed by atoms with E-state index in [0.717, 1.165) is 0 Å². The molecule has 1 unspecified atom stereocenters. The second kappa shape index (κ2) is 10.5. The Bertz CT molecular complexity index is 1040. The minimum atomic E-state index is -2.26. The largest absolute Gasteiger partial charge is 0.543 e. The van der Waals surface area contributed by atoms with Crippen LogP contribution in [0.5, 0.6) is 11.5 Å². The molecule has 0 saturated heterocycles. The van der Waals surface area contributed by atoms with Gasteiger partial charge >= 0.3 is 5.97 Å². The van der Waals surface area contributed by atoms with Crippen molar-refractivity contribution in [3.63, 3.8) is 0 Å². The van der Waals surface area contributed by atoms with Crippen molar-refractivity contribution in [2.45, 2.75) is 64.5 Å². The zero-order chi connectivity index (χ0) is 25.0. The first-order valence-electron chi connectivity index (χ1n) is 10.5. The van der Waals surface area contributed by atoms with Gasteiger partial charge in [-0.25, -0.2) is 4.79 Å². The van der Waals surface area contributed by atoms with Crippen LogP contribution in [0.1, 0.15) is 60.0 Å². The van der Waals surface area contributed by atoms with Crippen LogP contribution in [0.2, 0.25) is 18.1 Å². The molecule has 0 aliphatic heterocycles. The van der Waals surface area contributed by atoms with Crippen molar-refractivity contribution in [2.24, 2.45) is 0 Å². The molecule has 180 valence electrons. The van der Waals surface area contributed by atoms with Gasteiger partial charge in [-0.3, -0.25) is 0 Å². The van der Waals surface area contributed by atoms with E-state index in [1.54, 1.807) is 19.9 Å². The summed E-state index contributed by atoms with van der Waals surface area (Å²) in [6.45, 7) is 14.0. The molecule has 1 aromatic heterocycles. The fourth-order valence-electron chi connectivity index (χ4n) is 2.94. The number of methoxy groups -OCH3 is 1. The Balaban J connectivity index is 2.43. The number of ether oxygens (including phenoxy) is 1. The van der Waals surface area contributed by atoms with Gasteiger partial charge in [-0.2, -0.15) is 22.0 Å². The predicted octanol–water partition coefficient (Wildman–Crippen LogP) is 4.82. The first-order chi connectivity index (χ1) is 15.3. The fourth-order valence-corrected chi connectivity index (χ4v) is 5.05.